The lowest BCUT2D eigenvalue weighted by Crippen LogP contribution is -2.03. The first-order valence-electron chi connectivity index (χ1n) is 1.15. The molecule has 0 aromatic carbocycles. The van der Waals surface area contributed by atoms with Crippen LogP contribution in [-0.4, -0.2) is 15.4 Å². The number of halogens is 2. The molecule has 0 aliphatic rings. The Morgan fingerprint density at radius 1 is 2.00 bits per heavy atom. The van der Waals surface area contributed by atoms with Gasteiger partial charge in [0, 0.05) is 0 Å². The maximum absolute atomic E-state index is 9.52. The lowest BCUT2D eigenvalue weighted by atomic mass is 10.8. The van der Waals surface area contributed by atoms with Crippen LogP contribution in [-0.2, 0) is 4.79 Å². The first kappa shape index (κ1) is 6.24. The summed E-state index contributed by atoms with van der Waals surface area (Å²) in [6.45, 7) is 0. The average Bonchev–Trinajstić information content (AvgIpc) is 1.36. The first-order chi connectivity index (χ1) is 2.64. The molecule has 0 spiro atoms. The molecule has 0 aliphatic carbocycles. The van der Waals surface area contributed by atoms with Gasteiger partial charge in [0.05, 0.1) is 0 Å². The summed E-state index contributed by atoms with van der Waals surface area (Å²) in [4.78, 5) is 9.52. The monoisotopic (exact) mass is 172 g/mol. The lowest BCUT2D eigenvalue weighted by molar-refractivity contribution is -0.134. The molecule has 0 rings (SSSR count). The highest BCUT2D eigenvalue weighted by Crippen LogP contribution is 2.02. The Balaban J connectivity index is 3.26. The van der Waals surface area contributed by atoms with Crippen molar-refractivity contribution in [2.45, 2.75) is 4.29 Å². The highest BCUT2D eigenvalue weighted by molar-refractivity contribution is 9.10. The molecular formula is C2H2BrClO2. The van der Waals surface area contributed by atoms with Crippen LogP contribution in [0.1, 0.15) is 0 Å². The largest absolute Gasteiger partial charge is 0.480 e. The second kappa shape index (κ2) is 2.42. The molecule has 0 saturated carbocycles. The molecule has 0 amide bonds. The predicted octanol–water partition coefficient (Wildman–Crippen LogP) is 1.03. The summed E-state index contributed by atoms with van der Waals surface area (Å²) >= 11 is 7.53. The number of carbonyl (C=O) groups is 1. The molecule has 1 N–H and O–H groups in total. The molecule has 0 aromatic heterocycles. The maximum Gasteiger partial charge on any atom is 0.332 e. The molecule has 0 fully saturated rings. The van der Waals surface area contributed by atoms with Crippen LogP contribution in [0.2, 0.25) is 0 Å². The van der Waals surface area contributed by atoms with E-state index in [4.69, 9.17) is 16.7 Å². The smallest absolute Gasteiger partial charge is 0.332 e. The molecule has 0 aliphatic heterocycles. The van der Waals surface area contributed by atoms with Crippen molar-refractivity contribution in [3.8, 4) is 0 Å². The first-order valence-corrected chi connectivity index (χ1v) is 2.50. The van der Waals surface area contributed by atoms with E-state index >= 15 is 0 Å². The van der Waals surface area contributed by atoms with Crippen LogP contribution in [0.4, 0.5) is 0 Å². The highest BCUT2D eigenvalue weighted by atomic mass is 79.9. The Kier molecular flexibility index (Phi) is 2.52. The summed E-state index contributed by atoms with van der Waals surface area (Å²) < 4.78 is -0.947. The predicted molar refractivity (Wildman–Crippen MR) is 26.2 cm³/mol. The van der Waals surface area contributed by atoms with E-state index in [-0.39, 0.29) is 0 Å². The van der Waals surface area contributed by atoms with Crippen LogP contribution in [0.15, 0.2) is 0 Å². The number of carboxylic acid groups (broad SMARTS) is 1. The zero-order chi connectivity index (χ0) is 5.15. The molecule has 1 unspecified atom stereocenters. The van der Waals surface area contributed by atoms with Gasteiger partial charge < -0.3 is 5.11 Å². The average molecular weight is 173 g/mol. The standard InChI is InChI=1S/C2H2BrClO2/c3-1(4)2(5)6/h1H,(H,5,6). The van der Waals surface area contributed by atoms with Crippen molar-refractivity contribution in [3.05, 3.63) is 0 Å². The number of hydrogen-bond acceptors (Lipinski definition) is 1. The topological polar surface area (TPSA) is 37.3 Å². The number of hydrogen-bond donors (Lipinski definition) is 1. The van der Waals surface area contributed by atoms with E-state index in [1.165, 1.54) is 0 Å². The minimum absolute atomic E-state index is 0.947. The van der Waals surface area contributed by atoms with Crippen LogP contribution in [0.25, 0.3) is 0 Å². The van der Waals surface area contributed by atoms with Gasteiger partial charge in [0.2, 0.25) is 0 Å². The second-order valence-electron chi connectivity index (χ2n) is 0.639. The Labute approximate surface area is 48.2 Å². The normalized spacial score (nSPS) is 13.7. The third kappa shape index (κ3) is 2.48. The third-order valence-corrected chi connectivity index (χ3v) is 0.765. The van der Waals surface area contributed by atoms with Gasteiger partial charge in [-0.3, -0.25) is 0 Å². The van der Waals surface area contributed by atoms with Gasteiger partial charge in [-0.1, -0.05) is 27.5 Å². The second-order valence-corrected chi connectivity index (χ2v) is 2.52. The molecular weight excluding hydrogens is 171 g/mol. The quantitative estimate of drug-likeness (QED) is 0.602. The van der Waals surface area contributed by atoms with Gasteiger partial charge in [0.15, 0.2) is 4.29 Å². The zero-order valence-corrected chi connectivity index (χ0v) is 5.03. The van der Waals surface area contributed by atoms with Crippen LogP contribution in [0, 0.1) is 0 Å². The van der Waals surface area contributed by atoms with Crippen LogP contribution >= 0.6 is 27.5 Å². The van der Waals surface area contributed by atoms with Crippen molar-refractivity contribution in [3.63, 3.8) is 0 Å². The molecule has 0 aromatic rings. The Morgan fingerprint density at radius 2 is 2.17 bits per heavy atom. The third-order valence-electron chi connectivity index (χ3n) is 0.187. The highest BCUT2D eigenvalue weighted by Gasteiger charge is 2.04. The molecule has 6 heavy (non-hydrogen) atoms. The summed E-state index contributed by atoms with van der Waals surface area (Å²) in [6.07, 6.45) is 0. The fraction of sp³-hybridized carbons (Fsp3) is 0.500. The summed E-state index contributed by atoms with van der Waals surface area (Å²) in [5.74, 6) is -1.06. The van der Waals surface area contributed by atoms with Gasteiger partial charge in [0.1, 0.15) is 0 Å². The van der Waals surface area contributed by atoms with E-state index in [1.807, 2.05) is 0 Å². The van der Waals surface area contributed by atoms with E-state index < -0.39 is 10.3 Å². The van der Waals surface area contributed by atoms with Crippen molar-refractivity contribution < 1.29 is 9.90 Å². The zero-order valence-electron chi connectivity index (χ0n) is 2.69. The fourth-order valence-corrected chi connectivity index (χ4v) is 0. The molecule has 0 radical (unpaired) electrons. The van der Waals surface area contributed by atoms with E-state index in [1.54, 1.807) is 0 Å². The fourth-order valence-electron chi connectivity index (χ4n) is 0. The number of alkyl halides is 2. The van der Waals surface area contributed by atoms with E-state index in [2.05, 4.69) is 15.9 Å². The summed E-state index contributed by atoms with van der Waals surface area (Å²) in [5, 5.41) is 7.81. The van der Waals surface area contributed by atoms with Gasteiger partial charge in [-0.25, -0.2) is 4.79 Å². The van der Waals surface area contributed by atoms with Crippen LogP contribution < -0.4 is 0 Å². The van der Waals surface area contributed by atoms with Crippen molar-refractivity contribution in [1.82, 2.24) is 0 Å². The van der Waals surface area contributed by atoms with Crippen LogP contribution in [0.5, 0.6) is 0 Å². The lowest BCUT2D eigenvalue weighted by Gasteiger charge is -1.84. The summed E-state index contributed by atoms with van der Waals surface area (Å²) in [7, 11) is 0. The molecule has 0 heterocycles. The van der Waals surface area contributed by atoms with Crippen molar-refractivity contribution in [2.75, 3.05) is 0 Å². The number of aliphatic carboxylic acids is 1. The van der Waals surface area contributed by atoms with Gasteiger partial charge >= 0.3 is 5.97 Å². The SMILES string of the molecule is O=C(O)C(Cl)Br. The van der Waals surface area contributed by atoms with Crippen molar-refractivity contribution in [1.29, 1.82) is 0 Å². The summed E-state index contributed by atoms with van der Waals surface area (Å²) in [5.41, 5.74) is 0. The van der Waals surface area contributed by atoms with Crippen LogP contribution in [0.3, 0.4) is 0 Å². The minimum atomic E-state index is -1.06. The maximum atomic E-state index is 9.52. The molecule has 36 valence electrons. The Bertz CT molecular complexity index is 62.6. The Morgan fingerprint density at radius 3 is 2.17 bits per heavy atom. The van der Waals surface area contributed by atoms with Gasteiger partial charge in [-0.15, -0.1) is 0 Å². The molecule has 0 bridgehead atoms. The minimum Gasteiger partial charge on any atom is -0.480 e. The van der Waals surface area contributed by atoms with E-state index in [9.17, 15) is 4.79 Å². The van der Waals surface area contributed by atoms with E-state index in [0.717, 1.165) is 0 Å². The van der Waals surface area contributed by atoms with E-state index in [0.29, 0.717) is 0 Å². The van der Waals surface area contributed by atoms with Crippen molar-refractivity contribution >= 4 is 33.5 Å². The molecule has 2 nitrogen and oxygen atoms in total. The summed E-state index contributed by atoms with van der Waals surface area (Å²) in [6, 6.07) is 0. The number of rotatable bonds is 1. The number of carboxylic acids is 1. The van der Waals surface area contributed by atoms with Gasteiger partial charge in [-0.05, 0) is 0 Å². The van der Waals surface area contributed by atoms with Crippen molar-refractivity contribution in [2.24, 2.45) is 0 Å². The molecule has 4 heteroatoms. The molecule has 1 atom stereocenters. The van der Waals surface area contributed by atoms with Gasteiger partial charge in [-0.2, -0.15) is 0 Å². The van der Waals surface area contributed by atoms with Gasteiger partial charge in [0.25, 0.3) is 0 Å². The Hall–Kier alpha value is 0.240. The molecule has 0 saturated heterocycles.